The molecule has 2 aliphatic heterocycles. The molecule has 2 aliphatic rings. The Bertz CT molecular complexity index is 571. The second-order valence-corrected chi connectivity index (χ2v) is 7.90. The first-order valence-electron chi connectivity index (χ1n) is 7.67. The largest absolute Gasteiger partial charge is 0.394 e. The Hall–Kier alpha value is -0.490. The van der Waals surface area contributed by atoms with Crippen LogP contribution in [0, 0.1) is 0 Å². The third kappa shape index (κ3) is 4.01. The number of rotatable bonds is 5. The van der Waals surface area contributed by atoms with E-state index in [1.54, 1.807) is 4.72 Å². The molecule has 0 amide bonds. The van der Waals surface area contributed by atoms with Crippen molar-refractivity contribution in [2.24, 2.45) is 0 Å². The van der Waals surface area contributed by atoms with Crippen molar-refractivity contribution in [3.05, 3.63) is 0 Å². The molecule has 154 valence electrons. The van der Waals surface area contributed by atoms with Gasteiger partial charge in [0, 0.05) is 0 Å². The van der Waals surface area contributed by atoms with Crippen LogP contribution in [0.25, 0.3) is 0 Å². The van der Waals surface area contributed by atoms with Crippen LogP contribution in [-0.4, -0.2) is 123 Å². The van der Waals surface area contributed by atoms with Crippen molar-refractivity contribution < 1.29 is 58.7 Å². The minimum Gasteiger partial charge on any atom is -0.394 e. The van der Waals surface area contributed by atoms with Gasteiger partial charge in [0.25, 0.3) is 0 Å². The van der Waals surface area contributed by atoms with Crippen molar-refractivity contribution in [2.45, 2.75) is 60.5 Å². The highest BCUT2D eigenvalue weighted by atomic mass is 32.2. The third-order valence-electron chi connectivity index (χ3n) is 4.33. The molecule has 0 saturated carbocycles. The smallest absolute Gasteiger partial charge is 0.243 e. The van der Waals surface area contributed by atoms with Gasteiger partial charge in [-0.25, -0.2) is 8.42 Å². The predicted molar refractivity (Wildman–Crippen MR) is 79.6 cm³/mol. The lowest BCUT2D eigenvalue weighted by atomic mass is 9.99. The Morgan fingerprint density at radius 2 is 1.15 bits per heavy atom. The number of ether oxygens (including phenoxy) is 2. The van der Waals surface area contributed by atoms with Gasteiger partial charge in [-0.1, -0.05) is 0 Å². The average molecular weight is 405 g/mol. The lowest BCUT2D eigenvalue weighted by Crippen LogP contribution is -2.66. The summed E-state index contributed by atoms with van der Waals surface area (Å²) in [6, 6.07) is 0. The highest BCUT2D eigenvalue weighted by molar-refractivity contribution is 7.90. The molecule has 26 heavy (non-hydrogen) atoms. The van der Waals surface area contributed by atoms with Gasteiger partial charge in [0.1, 0.15) is 55.1 Å². The van der Waals surface area contributed by atoms with Gasteiger partial charge in [0.2, 0.25) is 15.5 Å². The Morgan fingerprint density at radius 3 is 1.65 bits per heavy atom. The zero-order valence-electron chi connectivity index (χ0n) is 13.3. The number of hydrogen-bond acceptors (Lipinski definition) is 12. The van der Waals surface area contributed by atoms with E-state index in [0.717, 1.165) is 0 Å². The number of nitrogens with one attached hydrogen (secondary N) is 1. The maximum absolute atomic E-state index is 12.4. The van der Waals surface area contributed by atoms with E-state index in [1.807, 2.05) is 0 Å². The van der Waals surface area contributed by atoms with E-state index in [0.29, 0.717) is 0 Å². The van der Waals surface area contributed by atoms with Gasteiger partial charge in [0.05, 0.1) is 13.2 Å². The van der Waals surface area contributed by atoms with Crippen molar-refractivity contribution >= 4 is 10.0 Å². The van der Waals surface area contributed by atoms with Gasteiger partial charge in [-0.15, -0.1) is 0 Å². The topological polar surface area (TPSA) is 226 Å². The van der Waals surface area contributed by atoms with E-state index in [4.69, 9.17) is 19.7 Å². The summed E-state index contributed by atoms with van der Waals surface area (Å²) in [6.45, 7) is -1.64. The van der Waals surface area contributed by atoms with Crippen molar-refractivity contribution in [1.82, 2.24) is 4.72 Å². The van der Waals surface area contributed by atoms with E-state index in [-0.39, 0.29) is 0 Å². The summed E-state index contributed by atoms with van der Waals surface area (Å²) in [7, 11) is -4.70. The summed E-state index contributed by atoms with van der Waals surface area (Å²) in [4.78, 5) is 0. The first-order chi connectivity index (χ1) is 12.0. The number of sulfonamides is 1. The summed E-state index contributed by atoms with van der Waals surface area (Å²) in [5.41, 5.74) is -2.15. The first-order valence-corrected chi connectivity index (χ1v) is 9.22. The Balaban J connectivity index is 2.19. The van der Waals surface area contributed by atoms with E-state index >= 15 is 0 Å². The van der Waals surface area contributed by atoms with E-state index < -0.39 is 83.7 Å². The molecule has 0 aromatic heterocycles. The number of aliphatic hydroxyl groups is 8. The normalized spacial score (nSPS) is 47.7. The molecule has 0 radical (unpaired) electrons. The lowest BCUT2D eigenvalue weighted by molar-refractivity contribution is -0.232. The minimum atomic E-state index is -4.70. The lowest BCUT2D eigenvalue weighted by Gasteiger charge is -2.42. The summed E-state index contributed by atoms with van der Waals surface area (Å²) >= 11 is 0. The SMILES string of the molecule is O=S(=O)(NC1O[C@H](CO)[C@@H](O)[C@H](O)[C@H]1O)[C@@H]1O[C@H](CO)[C@@H](O)[C@H](O)[C@H]1O. The van der Waals surface area contributed by atoms with E-state index in [1.165, 1.54) is 0 Å². The molecule has 0 aromatic carbocycles. The monoisotopic (exact) mass is 405 g/mol. The van der Waals surface area contributed by atoms with Crippen LogP contribution in [0.3, 0.4) is 0 Å². The second kappa shape index (κ2) is 8.26. The summed E-state index contributed by atoms with van der Waals surface area (Å²) in [5.74, 6) is 0. The fourth-order valence-corrected chi connectivity index (χ4v) is 4.22. The molecule has 0 aromatic rings. The van der Waals surface area contributed by atoms with Gasteiger partial charge < -0.3 is 50.3 Å². The van der Waals surface area contributed by atoms with Crippen LogP contribution < -0.4 is 4.72 Å². The van der Waals surface area contributed by atoms with Crippen molar-refractivity contribution in [3.63, 3.8) is 0 Å². The van der Waals surface area contributed by atoms with Gasteiger partial charge in [-0.05, 0) is 0 Å². The molecule has 0 bridgehead atoms. The Labute approximate surface area is 148 Å². The summed E-state index contributed by atoms with van der Waals surface area (Å²) in [5, 5.41) is 76.6. The molecule has 1 unspecified atom stereocenters. The minimum absolute atomic E-state index is 0.788. The van der Waals surface area contributed by atoms with Crippen molar-refractivity contribution in [3.8, 4) is 0 Å². The second-order valence-electron chi connectivity index (χ2n) is 6.11. The zero-order chi connectivity index (χ0) is 19.8. The molecule has 9 N–H and O–H groups in total. The Morgan fingerprint density at radius 1 is 0.692 bits per heavy atom. The predicted octanol–water partition coefficient (Wildman–Crippen LogP) is -6.49. The fraction of sp³-hybridized carbons (Fsp3) is 1.00. The molecule has 0 spiro atoms. The van der Waals surface area contributed by atoms with Gasteiger partial charge >= 0.3 is 0 Å². The van der Waals surface area contributed by atoms with Crippen molar-refractivity contribution in [1.29, 1.82) is 0 Å². The highest BCUT2D eigenvalue weighted by Gasteiger charge is 2.51. The van der Waals surface area contributed by atoms with Crippen LogP contribution in [0.15, 0.2) is 0 Å². The molecule has 2 heterocycles. The molecule has 2 saturated heterocycles. The van der Waals surface area contributed by atoms with E-state index in [9.17, 15) is 39.1 Å². The van der Waals surface area contributed by atoms with Crippen molar-refractivity contribution in [2.75, 3.05) is 13.2 Å². The number of aliphatic hydroxyl groups excluding tert-OH is 8. The third-order valence-corrected chi connectivity index (χ3v) is 5.89. The van der Waals surface area contributed by atoms with Crippen LogP contribution >= 0.6 is 0 Å². The average Bonchev–Trinajstić information content (AvgIpc) is 2.60. The standard InChI is InChI=1S/C12H23NO12S/c14-1-3-5(16)7(18)9(20)11(24-3)13-26(22,23)12-10(21)8(19)6(17)4(2-15)25-12/h3-21H,1-2H2/t3-,4-,5-,6-,7+,8+,9-,10-,11?,12+/m1/s1. The summed E-state index contributed by atoms with van der Waals surface area (Å²) < 4.78 is 36.6. The molecule has 13 nitrogen and oxygen atoms in total. The molecule has 10 atom stereocenters. The fourth-order valence-electron chi connectivity index (χ4n) is 2.75. The quantitative estimate of drug-likeness (QED) is 0.208. The van der Waals surface area contributed by atoms with Gasteiger partial charge in [-0.3, -0.25) is 0 Å². The molecular weight excluding hydrogens is 382 g/mol. The molecule has 0 aliphatic carbocycles. The molecular formula is C12H23NO12S. The zero-order valence-corrected chi connectivity index (χ0v) is 14.1. The molecule has 14 heteroatoms. The highest BCUT2D eigenvalue weighted by Crippen LogP contribution is 2.26. The molecule has 2 rings (SSSR count). The van der Waals surface area contributed by atoms with Gasteiger partial charge in [-0.2, -0.15) is 4.72 Å². The van der Waals surface area contributed by atoms with Crippen LogP contribution in [0.4, 0.5) is 0 Å². The maximum Gasteiger partial charge on any atom is 0.243 e. The summed E-state index contributed by atoms with van der Waals surface area (Å²) in [6.07, 6.45) is -16.0. The van der Waals surface area contributed by atoms with Crippen LogP contribution in [-0.2, 0) is 19.5 Å². The maximum atomic E-state index is 12.4. The van der Waals surface area contributed by atoms with Crippen LogP contribution in [0.2, 0.25) is 0 Å². The van der Waals surface area contributed by atoms with Crippen LogP contribution in [0.5, 0.6) is 0 Å². The van der Waals surface area contributed by atoms with Crippen LogP contribution in [0.1, 0.15) is 0 Å². The number of hydrogen-bond donors (Lipinski definition) is 9. The molecule has 2 fully saturated rings. The first kappa shape index (κ1) is 21.8. The Kier molecular flexibility index (Phi) is 6.92. The van der Waals surface area contributed by atoms with E-state index in [2.05, 4.69) is 0 Å². The van der Waals surface area contributed by atoms with Gasteiger partial charge in [0.15, 0.2) is 0 Å².